The summed E-state index contributed by atoms with van der Waals surface area (Å²) in [5, 5.41) is 11.4. The summed E-state index contributed by atoms with van der Waals surface area (Å²) in [4.78, 5) is 34.9. The van der Waals surface area contributed by atoms with Crippen molar-refractivity contribution in [3.05, 3.63) is 0 Å². The lowest BCUT2D eigenvalue weighted by atomic mass is 10.2. The average molecular weight is 288 g/mol. The maximum atomic E-state index is 11.6. The highest BCUT2D eigenvalue weighted by molar-refractivity contribution is 5.75. The number of carboxylic acids is 1. The number of hydrogen-bond donors (Lipinski definition) is 2. The summed E-state index contributed by atoms with van der Waals surface area (Å²) in [6, 6.07) is -0.352. The highest BCUT2D eigenvalue weighted by atomic mass is 16.5. The lowest BCUT2D eigenvalue weighted by molar-refractivity contribution is -0.147. The third kappa shape index (κ3) is 8.34. The van der Waals surface area contributed by atoms with Gasteiger partial charge in [-0.15, -0.1) is 0 Å². The first-order valence-corrected chi connectivity index (χ1v) is 6.65. The molecule has 0 aliphatic heterocycles. The van der Waals surface area contributed by atoms with Gasteiger partial charge in [0.25, 0.3) is 0 Å². The van der Waals surface area contributed by atoms with Gasteiger partial charge in [0.1, 0.15) is 0 Å². The molecule has 0 radical (unpaired) electrons. The molecule has 0 saturated carbocycles. The van der Waals surface area contributed by atoms with Gasteiger partial charge in [0.15, 0.2) is 0 Å². The van der Waals surface area contributed by atoms with Crippen LogP contribution in [-0.4, -0.2) is 54.2 Å². The van der Waals surface area contributed by atoms with Crippen LogP contribution in [0.1, 0.15) is 33.6 Å². The van der Waals surface area contributed by atoms with Gasteiger partial charge in [0, 0.05) is 26.6 Å². The van der Waals surface area contributed by atoms with Crippen LogP contribution in [0, 0.1) is 5.92 Å². The van der Waals surface area contributed by atoms with Gasteiger partial charge < -0.3 is 20.1 Å². The molecule has 116 valence electrons. The molecule has 0 spiro atoms. The Kier molecular flexibility index (Phi) is 8.35. The second-order valence-corrected chi connectivity index (χ2v) is 4.99. The SMILES string of the molecule is CC(C)OC(=O)CCCNC(=O)N(C)CC(C)C(=O)O. The van der Waals surface area contributed by atoms with Crippen molar-refractivity contribution in [2.45, 2.75) is 39.7 Å². The van der Waals surface area contributed by atoms with Crippen molar-refractivity contribution in [3.63, 3.8) is 0 Å². The molecule has 0 bridgehead atoms. The van der Waals surface area contributed by atoms with Gasteiger partial charge in [0.2, 0.25) is 0 Å². The Bertz CT molecular complexity index is 344. The highest BCUT2D eigenvalue weighted by Gasteiger charge is 2.17. The topological polar surface area (TPSA) is 95.9 Å². The molecule has 0 aromatic heterocycles. The van der Waals surface area contributed by atoms with Crippen LogP contribution in [0.3, 0.4) is 0 Å². The zero-order chi connectivity index (χ0) is 15.7. The van der Waals surface area contributed by atoms with Crippen LogP contribution in [0.2, 0.25) is 0 Å². The Morgan fingerprint density at radius 3 is 2.35 bits per heavy atom. The molecular formula is C13H24N2O5. The number of esters is 1. The molecule has 0 aromatic rings. The number of carboxylic acid groups (broad SMARTS) is 1. The smallest absolute Gasteiger partial charge is 0.317 e. The van der Waals surface area contributed by atoms with E-state index in [1.165, 1.54) is 18.9 Å². The maximum Gasteiger partial charge on any atom is 0.317 e. The van der Waals surface area contributed by atoms with Crippen molar-refractivity contribution >= 4 is 18.0 Å². The molecule has 0 heterocycles. The molecule has 0 aliphatic rings. The number of nitrogens with zero attached hydrogens (tertiary/aromatic N) is 1. The summed E-state index contributed by atoms with van der Waals surface area (Å²) in [5.74, 6) is -1.85. The summed E-state index contributed by atoms with van der Waals surface area (Å²) < 4.78 is 4.96. The number of amides is 2. The Morgan fingerprint density at radius 2 is 1.85 bits per heavy atom. The molecule has 7 nitrogen and oxygen atoms in total. The molecule has 0 rings (SSSR count). The monoisotopic (exact) mass is 288 g/mol. The van der Waals surface area contributed by atoms with E-state index in [0.717, 1.165) is 0 Å². The molecule has 20 heavy (non-hydrogen) atoms. The van der Waals surface area contributed by atoms with Crippen LogP contribution in [0.5, 0.6) is 0 Å². The minimum Gasteiger partial charge on any atom is -0.481 e. The third-order valence-electron chi connectivity index (χ3n) is 2.52. The lowest BCUT2D eigenvalue weighted by Crippen LogP contribution is -2.41. The van der Waals surface area contributed by atoms with E-state index in [1.54, 1.807) is 13.8 Å². The number of hydrogen-bond acceptors (Lipinski definition) is 4. The number of aliphatic carboxylic acids is 1. The fourth-order valence-corrected chi connectivity index (χ4v) is 1.46. The van der Waals surface area contributed by atoms with Gasteiger partial charge in [-0.2, -0.15) is 0 Å². The number of rotatable bonds is 8. The molecule has 2 N–H and O–H groups in total. The fraction of sp³-hybridized carbons (Fsp3) is 0.769. The summed E-state index contributed by atoms with van der Waals surface area (Å²) in [5.41, 5.74) is 0. The Morgan fingerprint density at radius 1 is 1.25 bits per heavy atom. The standard InChI is InChI=1S/C13H24N2O5/c1-9(2)20-11(16)6-5-7-14-13(19)15(4)8-10(3)12(17)18/h9-10H,5-8H2,1-4H3,(H,14,19)(H,17,18). The predicted molar refractivity (Wildman–Crippen MR) is 73.3 cm³/mol. The number of ether oxygens (including phenoxy) is 1. The predicted octanol–water partition coefficient (Wildman–Crippen LogP) is 1.08. The van der Waals surface area contributed by atoms with Gasteiger partial charge in [-0.1, -0.05) is 6.92 Å². The van der Waals surface area contributed by atoms with E-state index >= 15 is 0 Å². The van der Waals surface area contributed by atoms with E-state index in [4.69, 9.17) is 9.84 Å². The zero-order valence-electron chi connectivity index (χ0n) is 12.5. The van der Waals surface area contributed by atoms with Crippen LogP contribution in [0.15, 0.2) is 0 Å². The summed E-state index contributed by atoms with van der Waals surface area (Å²) in [7, 11) is 1.53. The normalized spacial score (nSPS) is 11.8. The van der Waals surface area contributed by atoms with E-state index in [2.05, 4.69) is 5.32 Å². The van der Waals surface area contributed by atoms with E-state index in [1.807, 2.05) is 0 Å². The first kappa shape index (κ1) is 18.2. The third-order valence-corrected chi connectivity index (χ3v) is 2.52. The Hall–Kier alpha value is -1.79. The molecule has 1 atom stereocenters. The van der Waals surface area contributed by atoms with Crippen molar-refractivity contribution < 1.29 is 24.2 Å². The van der Waals surface area contributed by atoms with Gasteiger partial charge in [0.05, 0.1) is 12.0 Å². The minimum absolute atomic E-state index is 0.135. The first-order chi connectivity index (χ1) is 9.23. The second-order valence-electron chi connectivity index (χ2n) is 4.99. The summed E-state index contributed by atoms with van der Waals surface area (Å²) >= 11 is 0. The molecule has 0 saturated heterocycles. The van der Waals surface area contributed by atoms with E-state index < -0.39 is 11.9 Å². The van der Waals surface area contributed by atoms with Gasteiger partial charge in [-0.05, 0) is 20.3 Å². The lowest BCUT2D eigenvalue weighted by Gasteiger charge is -2.19. The molecule has 7 heteroatoms. The summed E-state index contributed by atoms with van der Waals surface area (Å²) in [6.07, 6.45) is 0.591. The van der Waals surface area contributed by atoms with Gasteiger partial charge in [-0.25, -0.2) is 4.79 Å². The van der Waals surface area contributed by atoms with Crippen molar-refractivity contribution in [3.8, 4) is 0 Å². The molecule has 0 fully saturated rings. The molecule has 0 aromatic carbocycles. The quantitative estimate of drug-likeness (QED) is 0.514. The van der Waals surface area contributed by atoms with Crippen molar-refractivity contribution in [2.24, 2.45) is 5.92 Å². The number of carbonyl (C=O) groups excluding carboxylic acids is 2. The number of carbonyl (C=O) groups is 3. The van der Waals surface area contributed by atoms with Crippen molar-refractivity contribution in [2.75, 3.05) is 20.1 Å². The largest absolute Gasteiger partial charge is 0.481 e. The number of nitrogens with one attached hydrogen (secondary N) is 1. The maximum absolute atomic E-state index is 11.6. The second kappa shape index (κ2) is 9.17. The van der Waals surface area contributed by atoms with Crippen LogP contribution >= 0.6 is 0 Å². The van der Waals surface area contributed by atoms with Crippen LogP contribution < -0.4 is 5.32 Å². The van der Waals surface area contributed by atoms with Gasteiger partial charge in [-0.3, -0.25) is 9.59 Å². The minimum atomic E-state index is -0.943. The molecular weight excluding hydrogens is 264 g/mol. The van der Waals surface area contributed by atoms with Crippen molar-refractivity contribution in [1.29, 1.82) is 0 Å². The summed E-state index contributed by atoms with van der Waals surface area (Å²) in [6.45, 7) is 5.57. The van der Waals surface area contributed by atoms with Crippen LogP contribution in [0.4, 0.5) is 4.79 Å². The zero-order valence-corrected chi connectivity index (χ0v) is 12.5. The average Bonchev–Trinajstić information content (AvgIpc) is 2.33. The van der Waals surface area contributed by atoms with E-state index in [9.17, 15) is 14.4 Å². The fourth-order valence-electron chi connectivity index (χ4n) is 1.46. The molecule has 0 aliphatic carbocycles. The Balaban J connectivity index is 3.82. The number of urea groups is 1. The first-order valence-electron chi connectivity index (χ1n) is 6.65. The highest BCUT2D eigenvalue weighted by Crippen LogP contribution is 1.99. The Labute approximate surface area is 119 Å². The molecule has 2 amide bonds. The molecule has 1 unspecified atom stereocenters. The van der Waals surface area contributed by atoms with E-state index in [0.29, 0.717) is 13.0 Å². The van der Waals surface area contributed by atoms with Crippen molar-refractivity contribution in [1.82, 2.24) is 10.2 Å². The van der Waals surface area contributed by atoms with E-state index in [-0.39, 0.29) is 31.1 Å². The van der Waals surface area contributed by atoms with Gasteiger partial charge >= 0.3 is 18.0 Å². The van der Waals surface area contributed by atoms with Crippen LogP contribution in [0.25, 0.3) is 0 Å². The van der Waals surface area contributed by atoms with Crippen LogP contribution in [-0.2, 0) is 14.3 Å².